The summed E-state index contributed by atoms with van der Waals surface area (Å²) >= 11 is 0. The molecule has 0 spiro atoms. The standard InChI is InChI=1S/C40H40N4O8/c1-7-22-19(2)28-15-33-26-11-8-25(39(51)52-6)38(34(46)18-45)40(26,5)35(44-33)17-29-21(4)24(10-13-37(49)50)32(43-29)16-31-23(9-12-36(47)48)20(3)27(42-31)14-30(22)41-28/h7-8,11,14-17,38,42-43,45H,1,9-10,12-13,18H2,2-6H3,(H,47,48)(H,49,50)/t38?,40-/m1/s1. The number of rotatable bonds is 10. The number of H-pyrrole nitrogens is 2. The van der Waals surface area contributed by atoms with Gasteiger partial charge in [-0.05, 0) is 98.2 Å². The Kier molecular flexibility index (Phi) is 9.45. The first-order chi connectivity index (χ1) is 24.7. The Morgan fingerprint density at radius 1 is 0.846 bits per heavy atom. The Labute approximate surface area is 299 Å². The summed E-state index contributed by atoms with van der Waals surface area (Å²) in [5, 5.41) is 29.4. The van der Waals surface area contributed by atoms with Crippen molar-refractivity contribution in [2.75, 3.05) is 13.7 Å². The molecule has 2 atom stereocenters. The zero-order valence-corrected chi connectivity index (χ0v) is 29.6. The van der Waals surface area contributed by atoms with Crippen molar-refractivity contribution in [1.82, 2.24) is 19.9 Å². The molecule has 0 aromatic carbocycles. The van der Waals surface area contributed by atoms with Crippen molar-refractivity contribution >= 4 is 62.5 Å². The fourth-order valence-corrected chi connectivity index (χ4v) is 7.70. The van der Waals surface area contributed by atoms with E-state index in [0.717, 1.165) is 38.9 Å². The van der Waals surface area contributed by atoms with Gasteiger partial charge in [-0.25, -0.2) is 9.78 Å². The molecule has 0 saturated carbocycles. The van der Waals surface area contributed by atoms with E-state index in [1.807, 2.05) is 45.9 Å². The number of aliphatic carboxylic acids is 2. The maximum absolute atomic E-state index is 13.6. The lowest BCUT2D eigenvalue weighted by Gasteiger charge is -2.37. The van der Waals surface area contributed by atoms with Gasteiger partial charge in [0, 0.05) is 46.1 Å². The van der Waals surface area contributed by atoms with Crippen LogP contribution < -0.4 is 0 Å². The van der Waals surface area contributed by atoms with Crippen LogP contribution >= 0.6 is 0 Å². The van der Waals surface area contributed by atoms with Gasteiger partial charge in [-0.2, -0.15) is 0 Å². The van der Waals surface area contributed by atoms with Crippen LogP contribution in [-0.4, -0.2) is 72.7 Å². The van der Waals surface area contributed by atoms with Gasteiger partial charge in [0.05, 0.1) is 41.2 Å². The summed E-state index contributed by atoms with van der Waals surface area (Å²) in [6, 6.07) is 7.39. The predicted molar refractivity (Wildman–Crippen MR) is 196 cm³/mol. The Morgan fingerprint density at radius 3 is 1.98 bits per heavy atom. The molecule has 1 aliphatic carbocycles. The van der Waals surface area contributed by atoms with Crippen LogP contribution in [0, 0.1) is 19.8 Å². The number of ether oxygens (including phenoxy) is 1. The molecule has 5 N–H and O–H groups in total. The number of carbonyl (C=O) groups excluding carboxylic acids is 2. The van der Waals surface area contributed by atoms with E-state index in [1.165, 1.54) is 7.11 Å². The first-order valence-electron chi connectivity index (χ1n) is 16.9. The number of ketones is 1. The van der Waals surface area contributed by atoms with Gasteiger partial charge in [-0.3, -0.25) is 19.4 Å². The van der Waals surface area contributed by atoms with Crippen molar-refractivity contribution in [3.05, 3.63) is 99.7 Å². The highest BCUT2D eigenvalue weighted by Gasteiger charge is 2.52. The third kappa shape index (κ3) is 5.98. The van der Waals surface area contributed by atoms with Crippen molar-refractivity contribution < 1.29 is 39.2 Å². The van der Waals surface area contributed by atoms with Gasteiger partial charge in [0.2, 0.25) is 0 Å². The van der Waals surface area contributed by atoms with Gasteiger partial charge >= 0.3 is 17.9 Å². The minimum atomic E-state index is -1.23. The number of carboxylic acids is 2. The van der Waals surface area contributed by atoms with Crippen molar-refractivity contribution in [3.63, 3.8) is 0 Å². The Bertz CT molecular complexity index is 2360. The van der Waals surface area contributed by atoms with Gasteiger partial charge in [0.1, 0.15) is 6.61 Å². The average Bonchev–Trinajstić information content (AvgIpc) is 3.76. The lowest BCUT2D eigenvalue weighted by atomic mass is 9.63. The molecule has 5 heterocycles. The van der Waals surface area contributed by atoms with Gasteiger partial charge in [0.25, 0.3) is 0 Å². The van der Waals surface area contributed by atoms with E-state index in [-0.39, 0.29) is 31.3 Å². The number of aromatic amines is 2. The highest BCUT2D eigenvalue weighted by Crippen LogP contribution is 2.52. The molecule has 0 radical (unpaired) electrons. The van der Waals surface area contributed by atoms with Crippen LogP contribution in [0.25, 0.3) is 38.8 Å². The first-order valence-corrected chi connectivity index (χ1v) is 16.9. The quantitative estimate of drug-likeness (QED) is 0.163. The Balaban J connectivity index is 1.79. The van der Waals surface area contributed by atoms with Crippen LogP contribution in [-0.2, 0) is 42.2 Å². The van der Waals surface area contributed by atoms with Crippen LogP contribution in [0.3, 0.4) is 0 Å². The third-order valence-corrected chi connectivity index (χ3v) is 10.5. The summed E-state index contributed by atoms with van der Waals surface area (Å²) < 4.78 is 5.07. The number of aryl methyl sites for hydroxylation is 4. The van der Waals surface area contributed by atoms with Crippen LogP contribution in [0.5, 0.6) is 0 Å². The average molecular weight is 705 g/mol. The number of nitrogens with one attached hydrogen (secondary N) is 2. The number of carbonyl (C=O) groups is 4. The fourth-order valence-electron chi connectivity index (χ4n) is 7.70. The molecule has 52 heavy (non-hydrogen) atoms. The number of fused-ring (bicyclic) bond motifs is 11. The second kappa shape index (κ2) is 13.7. The first kappa shape index (κ1) is 35.9. The van der Waals surface area contributed by atoms with Gasteiger partial charge in [0.15, 0.2) is 5.78 Å². The zero-order valence-electron chi connectivity index (χ0n) is 29.6. The van der Waals surface area contributed by atoms with Crippen molar-refractivity contribution in [2.45, 2.75) is 58.8 Å². The highest BCUT2D eigenvalue weighted by molar-refractivity contribution is 6.04. The molecule has 3 aromatic heterocycles. The SMILES string of the molecule is C=CC1=C(C)c2cc3nc(cc4[nH]c(cc5[nH]c(cc1n2)c(C)c5CCC(=O)O)c(CCC(=O)O)c4C)[C@@]1(C)C3=CC=C(C(=O)OC)C1C(=O)CO. The van der Waals surface area contributed by atoms with E-state index in [4.69, 9.17) is 14.7 Å². The molecule has 2 aliphatic heterocycles. The minimum Gasteiger partial charge on any atom is -0.481 e. The number of esters is 1. The van der Waals surface area contributed by atoms with Gasteiger partial charge in [-0.1, -0.05) is 24.8 Å². The smallest absolute Gasteiger partial charge is 0.334 e. The van der Waals surface area contributed by atoms with Crippen LogP contribution in [0.15, 0.2) is 54.6 Å². The summed E-state index contributed by atoms with van der Waals surface area (Å²) in [5.74, 6) is -4.33. The molecule has 0 saturated heterocycles. The van der Waals surface area contributed by atoms with Crippen LogP contribution in [0.2, 0.25) is 0 Å². The molecule has 6 rings (SSSR count). The molecule has 1 unspecified atom stereocenters. The molecule has 8 bridgehead atoms. The number of methoxy groups -OCH3 is 1. The summed E-state index contributed by atoms with van der Waals surface area (Å²) in [6.07, 6.45) is 5.23. The Hall–Kier alpha value is -5.88. The summed E-state index contributed by atoms with van der Waals surface area (Å²) in [6.45, 7) is 10.7. The van der Waals surface area contributed by atoms with E-state index < -0.39 is 41.6 Å². The van der Waals surface area contributed by atoms with Gasteiger partial charge in [-0.15, -0.1) is 0 Å². The monoisotopic (exact) mass is 704 g/mol. The maximum atomic E-state index is 13.6. The number of aliphatic hydroxyl groups excluding tert-OH is 1. The van der Waals surface area contributed by atoms with Crippen LogP contribution in [0.1, 0.15) is 71.7 Å². The van der Waals surface area contributed by atoms with E-state index >= 15 is 0 Å². The largest absolute Gasteiger partial charge is 0.481 e. The lowest BCUT2D eigenvalue weighted by molar-refractivity contribution is -0.139. The summed E-state index contributed by atoms with van der Waals surface area (Å²) in [5.41, 5.74) is 9.07. The van der Waals surface area contributed by atoms with Crippen LogP contribution in [0.4, 0.5) is 0 Å². The number of Topliss-reactive ketones (excluding diaryl/α,β-unsaturated/α-hetero) is 1. The molecule has 3 aromatic rings. The number of hydrogen-bond donors (Lipinski definition) is 5. The number of aliphatic hydroxyl groups is 1. The number of hydrogen-bond acceptors (Lipinski definition) is 8. The Morgan fingerprint density at radius 2 is 1.44 bits per heavy atom. The van der Waals surface area contributed by atoms with Gasteiger partial charge < -0.3 is 30.0 Å². The molecule has 0 amide bonds. The molecular weight excluding hydrogens is 664 g/mol. The highest BCUT2D eigenvalue weighted by atomic mass is 16.5. The van der Waals surface area contributed by atoms with Crippen molar-refractivity contribution in [1.29, 1.82) is 0 Å². The van der Waals surface area contributed by atoms with E-state index in [1.54, 1.807) is 24.3 Å². The maximum Gasteiger partial charge on any atom is 0.334 e. The molecule has 0 fully saturated rings. The van der Waals surface area contributed by atoms with Crippen molar-refractivity contribution in [3.8, 4) is 0 Å². The number of allylic oxidation sites excluding steroid dienone is 6. The molecule has 268 valence electrons. The third-order valence-electron chi connectivity index (χ3n) is 10.5. The number of aromatic nitrogens is 4. The predicted octanol–water partition coefficient (Wildman–Crippen LogP) is 5.71. The summed E-state index contributed by atoms with van der Waals surface area (Å²) in [7, 11) is 1.23. The van der Waals surface area contributed by atoms with E-state index in [0.29, 0.717) is 44.9 Å². The van der Waals surface area contributed by atoms with E-state index in [2.05, 4.69) is 16.5 Å². The number of carboxylic acid groups (broad SMARTS) is 2. The minimum absolute atomic E-state index is 0.0837. The molecular formula is C40H40N4O8. The second-order valence-electron chi connectivity index (χ2n) is 13.4. The second-order valence-corrected chi connectivity index (χ2v) is 13.4. The number of nitrogens with zero attached hydrogens (tertiary/aromatic N) is 2. The normalized spacial score (nSPS) is 18.0. The summed E-state index contributed by atoms with van der Waals surface area (Å²) in [4.78, 5) is 67.1. The topological polar surface area (TPSA) is 196 Å². The zero-order chi connectivity index (χ0) is 37.6. The molecule has 12 nitrogen and oxygen atoms in total. The molecule has 12 heteroatoms. The van der Waals surface area contributed by atoms with Crippen molar-refractivity contribution in [2.24, 2.45) is 5.92 Å². The molecule has 3 aliphatic rings. The van der Waals surface area contributed by atoms with E-state index in [9.17, 15) is 34.5 Å². The lowest BCUT2D eigenvalue weighted by Crippen LogP contribution is -2.42. The fraction of sp³-hybridized carbons (Fsp3) is 0.300.